The number of piperidine rings is 1. The molecule has 186 valence electrons. The summed E-state index contributed by atoms with van der Waals surface area (Å²) in [5, 5.41) is 0. The van der Waals surface area contributed by atoms with E-state index in [1.54, 1.807) is 21.6 Å². The number of hydrogen-bond acceptors (Lipinski definition) is 6. The van der Waals surface area contributed by atoms with Crippen molar-refractivity contribution >= 4 is 51.7 Å². The fraction of sp³-hybridized carbons (Fsp3) is 0.357. The third kappa shape index (κ3) is 4.72. The Labute approximate surface area is 221 Å². The van der Waals surface area contributed by atoms with Gasteiger partial charge >= 0.3 is 0 Å². The molecule has 0 bridgehead atoms. The first kappa shape index (κ1) is 24.7. The number of nitrogens with zero attached hydrogens (tertiary/aromatic N) is 4. The van der Waals surface area contributed by atoms with Gasteiger partial charge in [-0.2, -0.15) is 0 Å². The largest absolute Gasteiger partial charge is 0.356 e. The molecular weight excluding hydrogens is 488 g/mol. The number of anilines is 1. The fourth-order valence-electron chi connectivity index (χ4n) is 5.02. The molecule has 3 aromatic rings. The third-order valence-corrected chi connectivity index (χ3v) is 8.29. The van der Waals surface area contributed by atoms with Gasteiger partial charge in [0.15, 0.2) is 0 Å². The van der Waals surface area contributed by atoms with Crippen LogP contribution in [-0.4, -0.2) is 43.6 Å². The summed E-state index contributed by atoms with van der Waals surface area (Å²) >= 11 is 6.71. The predicted octanol–water partition coefficient (Wildman–Crippen LogP) is 5.07. The summed E-state index contributed by atoms with van der Waals surface area (Å²) in [5.74, 6) is 1.10. The second-order valence-electron chi connectivity index (χ2n) is 9.80. The van der Waals surface area contributed by atoms with E-state index in [4.69, 9.17) is 17.2 Å². The van der Waals surface area contributed by atoms with E-state index in [9.17, 15) is 9.59 Å². The fourth-order valence-corrected chi connectivity index (χ4v) is 6.53. The van der Waals surface area contributed by atoms with E-state index in [-0.39, 0.29) is 17.5 Å². The smallest absolute Gasteiger partial charge is 0.267 e. The van der Waals surface area contributed by atoms with E-state index in [0.717, 1.165) is 37.9 Å². The zero-order valence-electron chi connectivity index (χ0n) is 20.8. The van der Waals surface area contributed by atoms with Gasteiger partial charge in [-0.1, -0.05) is 60.4 Å². The van der Waals surface area contributed by atoms with Gasteiger partial charge in [-0.15, -0.1) is 0 Å². The maximum absolute atomic E-state index is 13.7. The second-order valence-corrected chi connectivity index (χ2v) is 11.5. The first-order valence-electron chi connectivity index (χ1n) is 12.4. The Hall–Kier alpha value is -2.97. The highest BCUT2D eigenvalue weighted by Crippen LogP contribution is 2.35. The molecular formula is C28H30N4O2S2. The van der Waals surface area contributed by atoms with Gasteiger partial charge in [-0.25, -0.2) is 4.98 Å². The standard InChI is InChI=1S/C28H30N4O2S2/c1-18(2)32-27(34)23(36-28(32)35)17-22-25(29-24-19(3)8-7-13-31(24)26(22)33)30-14-11-21(12-15-30)16-20-9-5-4-6-10-20/h4-10,13,17-18,21H,11-12,14-16H2,1-3H3/b23-17-. The van der Waals surface area contributed by atoms with E-state index in [0.29, 0.717) is 32.2 Å². The van der Waals surface area contributed by atoms with Crippen LogP contribution in [0.15, 0.2) is 58.4 Å². The van der Waals surface area contributed by atoms with Crippen LogP contribution in [0, 0.1) is 12.8 Å². The summed E-state index contributed by atoms with van der Waals surface area (Å²) in [6.45, 7) is 7.48. The molecule has 6 nitrogen and oxygen atoms in total. The molecule has 36 heavy (non-hydrogen) atoms. The number of thioether (sulfide) groups is 1. The molecule has 1 aromatic carbocycles. The van der Waals surface area contributed by atoms with Crippen molar-refractivity contribution in [1.29, 1.82) is 0 Å². The number of fused-ring (bicyclic) bond motifs is 1. The zero-order chi connectivity index (χ0) is 25.4. The predicted molar refractivity (Wildman–Crippen MR) is 151 cm³/mol. The lowest BCUT2D eigenvalue weighted by Gasteiger charge is -2.33. The van der Waals surface area contributed by atoms with Crippen LogP contribution >= 0.6 is 24.0 Å². The van der Waals surface area contributed by atoms with Gasteiger partial charge in [0.25, 0.3) is 11.5 Å². The Morgan fingerprint density at radius 3 is 2.50 bits per heavy atom. The summed E-state index contributed by atoms with van der Waals surface area (Å²) in [6, 6.07) is 14.4. The van der Waals surface area contributed by atoms with E-state index >= 15 is 0 Å². The number of amides is 1. The Balaban J connectivity index is 1.51. The normalized spacial score (nSPS) is 18.3. The number of carbonyl (C=O) groups excluding carboxylic acids is 1. The molecule has 4 heterocycles. The minimum atomic E-state index is -0.167. The van der Waals surface area contributed by atoms with Gasteiger partial charge in [-0.05, 0) is 69.2 Å². The first-order chi connectivity index (χ1) is 17.3. The van der Waals surface area contributed by atoms with Crippen LogP contribution in [0.1, 0.15) is 43.4 Å². The second kappa shape index (κ2) is 10.2. The van der Waals surface area contributed by atoms with Crippen LogP contribution in [0.5, 0.6) is 0 Å². The summed E-state index contributed by atoms with van der Waals surface area (Å²) in [4.78, 5) is 36.1. The van der Waals surface area contributed by atoms with Crippen LogP contribution in [-0.2, 0) is 11.2 Å². The average Bonchev–Trinajstić information content (AvgIpc) is 3.15. The van der Waals surface area contributed by atoms with Crippen LogP contribution in [0.4, 0.5) is 5.82 Å². The van der Waals surface area contributed by atoms with Gasteiger partial charge in [-0.3, -0.25) is 18.9 Å². The number of rotatable bonds is 5. The minimum Gasteiger partial charge on any atom is -0.356 e. The van der Waals surface area contributed by atoms with Gasteiger partial charge in [0.1, 0.15) is 15.8 Å². The maximum atomic E-state index is 13.7. The molecule has 0 N–H and O–H groups in total. The lowest BCUT2D eigenvalue weighted by Crippen LogP contribution is -2.37. The quantitative estimate of drug-likeness (QED) is 0.347. The molecule has 8 heteroatoms. The molecule has 2 aliphatic heterocycles. The van der Waals surface area contributed by atoms with Crippen molar-refractivity contribution in [1.82, 2.24) is 14.3 Å². The van der Waals surface area contributed by atoms with Crippen LogP contribution in [0.25, 0.3) is 11.7 Å². The number of aromatic nitrogens is 2. The number of thiocarbonyl (C=S) groups is 1. The number of carbonyl (C=O) groups is 1. The van der Waals surface area contributed by atoms with E-state index in [1.165, 1.54) is 17.3 Å². The summed E-state index contributed by atoms with van der Waals surface area (Å²) < 4.78 is 2.10. The molecule has 1 amide bonds. The summed E-state index contributed by atoms with van der Waals surface area (Å²) in [7, 11) is 0. The van der Waals surface area contributed by atoms with Crippen molar-refractivity contribution in [3.63, 3.8) is 0 Å². The summed E-state index contributed by atoms with van der Waals surface area (Å²) in [5.41, 5.74) is 3.23. The maximum Gasteiger partial charge on any atom is 0.267 e. The van der Waals surface area contributed by atoms with Crippen molar-refractivity contribution in [2.45, 2.75) is 46.1 Å². The Morgan fingerprint density at radius 1 is 1.11 bits per heavy atom. The molecule has 5 rings (SSSR count). The highest BCUT2D eigenvalue weighted by atomic mass is 32.2. The SMILES string of the molecule is Cc1cccn2c(=O)c(/C=C3\SC(=S)N(C(C)C)C3=O)c(N3CCC(Cc4ccccc4)CC3)nc12. The van der Waals surface area contributed by atoms with E-state index < -0.39 is 0 Å². The topological polar surface area (TPSA) is 57.9 Å². The molecule has 2 aromatic heterocycles. The number of pyridine rings is 1. The number of hydrogen-bond donors (Lipinski definition) is 0. The molecule has 0 atom stereocenters. The molecule has 0 radical (unpaired) electrons. The van der Waals surface area contributed by atoms with Gasteiger partial charge in [0.05, 0.1) is 10.5 Å². The summed E-state index contributed by atoms with van der Waals surface area (Å²) in [6.07, 6.45) is 6.56. The molecule has 0 unspecified atom stereocenters. The Kier molecular flexibility index (Phi) is 6.99. The highest BCUT2D eigenvalue weighted by molar-refractivity contribution is 8.26. The van der Waals surface area contributed by atoms with E-state index in [2.05, 4.69) is 35.2 Å². The van der Waals surface area contributed by atoms with Crippen molar-refractivity contribution < 1.29 is 4.79 Å². The van der Waals surface area contributed by atoms with Crippen molar-refractivity contribution in [2.24, 2.45) is 5.92 Å². The molecule has 2 aliphatic rings. The lowest BCUT2D eigenvalue weighted by molar-refractivity contribution is -0.123. The van der Waals surface area contributed by atoms with Crippen LogP contribution in [0.2, 0.25) is 0 Å². The number of benzene rings is 1. The first-order valence-corrected chi connectivity index (χ1v) is 13.6. The monoisotopic (exact) mass is 518 g/mol. The van der Waals surface area contributed by atoms with Crippen LogP contribution < -0.4 is 10.5 Å². The lowest BCUT2D eigenvalue weighted by atomic mass is 9.90. The van der Waals surface area contributed by atoms with Gasteiger partial charge < -0.3 is 4.90 Å². The minimum absolute atomic E-state index is 0.0370. The zero-order valence-corrected chi connectivity index (χ0v) is 22.4. The average molecular weight is 519 g/mol. The Morgan fingerprint density at radius 2 is 1.83 bits per heavy atom. The molecule has 2 fully saturated rings. The van der Waals surface area contributed by atoms with Gasteiger partial charge in [0.2, 0.25) is 0 Å². The van der Waals surface area contributed by atoms with E-state index in [1.807, 2.05) is 32.9 Å². The highest BCUT2D eigenvalue weighted by Gasteiger charge is 2.34. The third-order valence-electron chi connectivity index (χ3n) is 6.96. The van der Waals surface area contributed by atoms with Crippen molar-refractivity contribution in [2.75, 3.05) is 18.0 Å². The molecule has 0 aliphatic carbocycles. The van der Waals surface area contributed by atoms with Crippen LogP contribution in [0.3, 0.4) is 0 Å². The Bertz CT molecular complexity index is 1410. The van der Waals surface area contributed by atoms with Gasteiger partial charge in [0, 0.05) is 25.3 Å². The molecule has 2 saturated heterocycles. The number of aryl methyl sites for hydroxylation is 1. The molecule has 0 spiro atoms. The molecule has 0 saturated carbocycles. The van der Waals surface area contributed by atoms with Crippen molar-refractivity contribution in [3.05, 3.63) is 80.6 Å². The van der Waals surface area contributed by atoms with Crippen molar-refractivity contribution in [3.8, 4) is 0 Å².